The number of nitrogens with one attached hydrogen (secondary N) is 1. The Hall–Kier alpha value is -0.820. The molecule has 0 fully saturated rings. The molecule has 0 radical (unpaired) electrons. The molecular weight excluding hydrogens is 206 g/mol. The fraction of sp³-hybridized carbons (Fsp3) is 0.625. The van der Waals surface area contributed by atoms with Gasteiger partial charge in [-0.3, -0.25) is 0 Å². The highest BCUT2D eigenvalue weighted by atomic mass is 14.9. The second-order valence-electron chi connectivity index (χ2n) is 5.13. The van der Waals surface area contributed by atoms with Crippen molar-refractivity contribution in [3.05, 3.63) is 35.4 Å². The van der Waals surface area contributed by atoms with Crippen LogP contribution in [0.1, 0.15) is 44.2 Å². The molecule has 1 aromatic carbocycles. The average Bonchev–Trinajstić information content (AvgIpc) is 2.32. The molecule has 0 spiro atoms. The van der Waals surface area contributed by atoms with Gasteiger partial charge in [-0.1, -0.05) is 44.5 Å². The van der Waals surface area contributed by atoms with Gasteiger partial charge in [-0.25, -0.2) is 0 Å². The van der Waals surface area contributed by atoms with Crippen molar-refractivity contribution in [1.29, 1.82) is 0 Å². The summed E-state index contributed by atoms with van der Waals surface area (Å²) in [7, 11) is 2.09. The zero-order valence-electron chi connectivity index (χ0n) is 11.8. The molecule has 96 valence electrons. The quantitative estimate of drug-likeness (QED) is 0.752. The van der Waals surface area contributed by atoms with Gasteiger partial charge >= 0.3 is 0 Å². The Balaban J connectivity index is 2.50. The van der Waals surface area contributed by atoms with Crippen molar-refractivity contribution < 1.29 is 0 Å². The molecule has 1 heteroatoms. The molecule has 1 rings (SSSR count). The standard InChI is InChI=1S/C16H27N/c1-5-8-14(3)16(17-4)12-11-15-10-7-6-9-13(15)2/h6-7,9-10,14,16-17H,5,8,11-12H2,1-4H3. The number of benzene rings is 1. The van der Waals surface area contributed by atoms with E-state index < -0.39 is 0 Å². The molecule has 0 saturated carbocycles. The zero-order chi connectivity index (χ0) is 12.7. The lowest BCUT2D eigenvalue weighted by atomic mass is 9.91. The summed E-state index contributed by atoms with van der Waals surface area (Å²) in [5, 5.41) is 3.48. The van der Waals surface area contributed by atoms with Crippen molar-refractivity contribution in [2.24, 2.45) is 5.92 Å². The predicted molar refractivity (Wildman–Crippen MR) is 76.4 cm³/mol. The maximum absolute atomic E-state index is 3.48. The van der Waals surface area contributed by atoms with E-state index >= 15 is 0 Å². The van der Waals surface area contributed by atoms with E-state index in [1.807, 2.05) is 0 Å². The molecule has 17 heavy (non-hydrogen) atoms. The molecule has 1 N–H and O–H groups in total. The molecule has 0 heterocycles. The van der Waals surface area contributed by atoms with Crippen molar-refractivity contribution in [3.8, 4) is 0 Å². The summed E-state index contributed by atoms with van der Waals surface area (Å²) >= 11 is 0. The van der Waals surface area contributed by atoms with Crippen LogP contribution in [0.3, 0.4) is 0 Å². The van der Waals surface area contributed by atoms with E-state index in [0.717, 1.165) is 5.92 Å². The predicted octanol–water partition coefficient (Wildman–Crippen LogP) is 3.95. The van der Waals surface area contributed by atoms with Crippen LogP contribution in [0.4, 0.5) is 0 Å². The van der Waals surface area contributed by atoms with Gasteiger partial charge in [0, 0.05) is 6.04 Å². The minimum absolute atomic E-state index is 0.648. The Kier molecular flexibility index (Phi) is 6.28. The third-order valence-electron chi connectivity index (χ3n) is 3.79. The summed E-state index contributed by atoms with van der Waals surface area (Å²) < 4.78 is 0. The van der Waals surface area contributed by atoms with Gasteiger partial charge in [0.15, 0.2) is 0 Å². The van der Waals surface area contributed by atoms with Crippen LogP contribution >= 0.6 is 0 Å². The summed E-state index contributed by atoms with van der Waals surface area (Å²) in [4.78, 5) is 0. The molecule has 0 bridgehead atoms. The Bertz CT molecular complexity index is 319. The summed E-state index contributed by atoms with van der Waals surface area (Å²) in [6, 6.07) is 9.38. The Labute approximate surface area is 107 Å². The highest BCUT2D eigenvalue weighted by Crippen LogP contribution is 2.17. The maximum Gasteiger partial charge on any atom is 0.00928 e. The molecule has 0 amide bonds. The molecule has 1 aromatic rings. The van der Waals surface area contributed by atoms with E-state index in [2.05, 4.69) is 57.4 Å². The minimum atomic E-state index is 0.648. The second-order valence-corrected chi connectivity index (χ2v) is 5.13. The van der Waals surface area contributed by atoms with Gasteiger partial charge in [0.05, 0.1) is 0 Å². The topological polar surface area (TPSA) is 12.0 Å². The van der Waals surface area contributed by atoms with Crippen LogP contribution in [0.2, 0.25) is 0 Å². The second kappa shape index (κ2) is 7.50. The Morgan fingerprint density at radius 1 is 1.18 bits per heavy atom. The molecule has 0 aliphatic carbocycles. The van der Waals surface area contributed by atoms with Gasteiger partial charge in [-0.15, -0.1) is 0 Å². The van der Waals surface area contributed by atoms with Crippen LogP contribution in [0.15, 0.2) is 24.3 Å². The van der Waals surface area contributed by atoms with Gasteiger partial charge in [0.25, 0.3) is 0 Å². The number of rotatable bonds is 7. The van der Waals surface area contributed by atoms with Crippen LogP contribution < -0.4 is 5.32 Å². The SMILES string of the molecule is CCCC(C)C(CCc1ccccc1C)NC. The molecule has 0 aromatic heterocycles. The number of aryl methyl sites for hydroxylation is 2. The van der Waals surface area contributed by atoms with Crippen molar-refractivity contribution >= 4 is 0 Å². The van der Waals surface area contributed by atoms with Crippen LogP contribution in [-0.2, 0) is 6.42 Å². The maximum atomic E-state index is 3.48. The smallest absolute Gasteiger partial charge is 0.00928 e. The van der Waals surface area contributed by atoms with Gasteiger partial charge in [0.2, 0.25) is 0 Å². The summed E-state index contributed by atoms with van der Waals surface area (Å²) in [6.07, 6.45) is 5.03. The van der Waals surface area contributed by atoms with E-state index in [0.29, 0.717) is 6.04 Å². The lowest BCUT2D eigenvalue weighted by molar-refractivity contribution is 0.355. The van der Waals surface area contributed by atoms with Crippen LogP contribution in [0.5, 0.6) is 0 Å². The first-order valence-corrected chi connectivity index (χ1v) is 6.90. The monoisotopic (exact) mass is 233 g/mol. The van der Waals surface area contributed by atoms with Gasteiger partial charge in [-0.2, -0.15) is 0 Å². The van der Waals surface area contributed by atoms with E-state index in [1.54, 1.807) is 0 Å². The van der Waals surface area contributed by atoms with E-state index in [1.165, 1.54) is 36.8 Å². The number of hydrogen-bond donors (Lipinski definition) is 1. The third kappa shape index (κ3) is 4.51. The van der Waals surface area contributed by atoms with Crippen molar-refractivity contribution in [1.82, 2.24) is 5.32 Å². The first-order valence-electron chi connectivity index (χ1n) is 6.90. The van der Waals surface area contributed by atoms with E-state index in [4.69, 9.17) is 0 Å². The Morgan fingerprint density at radius 2 is 1.88 bits per heavy atom. The van der Waals surface area contributed by atoms with E-state index in [-0.39, 0.29) is 0 Å². The van der Waals surface area contributed by atoms with Crippen LogP contribution in [0.25, 0.3) is 0 Å². The molecule has 0 saturated heterocycles. The third-order valence-corrected chi connectivity index (χ3v) is 3.79. The van der Waals surface area contributed by atoms with Crippen LogP contribution in [0, 0.1) is 12.8 Å². The molecule has 1 nitrogen and oxygen atoms in total. The van der Waals surface area contributed by atoms with Crippen molar-refractivity contribution in [3.63, 3.8) is 0 Å². The fourth-order valence-corrected chi connectivity index (χ4v) is 2.57. The first kappa shape index (κ1) is 14.2. The summed E-state index contributed by atoms with van der Waals surface area (Å²) in [5.41, 5.74) is 2.92. The summed E-state index contributed by atoms with van der Waals surface area (Å²) in [6.45, 7) is 6.84. The number of hydrogen-bond acceptors (Lipinski definition) is 1. The molecule has 0 aliphatic heterocycles. The molecule has 2 unspecified atom stereocenters. The van der Waals surface area contributed by atoms with Crippen LogP contribution in [-0.4, -0.2) is 13.1 Å². The Morgan fingerprint density at radius 3 is 2.47 bits per heavy atom. The summed E-state index contributed by atoms with van der Waals surface area (Å²) in [5.74, 6) is 0.772. The largest absolute Gasteiger partial charge is 0.317 e. The molecular formula is C16H27N. The lowest BCUT2D eigenvalue weighted by Gasteiger charge is -2.23. The fourth-order valence-electron chi connectivity index (χ4n) is 2.57. The van der Waals surface area contributed by atoms with Gasteiger partial charge < -0.3 is 5.32 Å². The van der Waals surface area contributed by atoms with Crippen molar-refractivity contribution in [2.75, 3.05) is 7.05 Å². The lowest BCUT2D eigenvalue weighted by Crippen LogP contribution is -2.32. The highest BCUT2D eigenvalue weighted by molar-refractivity contribution is 5.25. The first-order chi connectivity index (χ1) is 8.19. The average molecular weight is 233 g/mol. The van der Waals surface area contributed by atoms with E-state index in [9.17, 15) is 0 Å². The van der Waals surface area contributed by atoms with Crippen molar-refractivity contribution in [2.45, 2.75) is 52.5 Å². The van der Waals surface area contributed by atoms with Gasteiger partial charge in [-0.05, 0) is 50.3 Å². The molecule has 2 atom stereocenters. The molecule has 0 aliphatic rings. The highest BCUT2D eigenvalue weighted by Gasteiger charge is 2.14. The van der Waals surface area contributed by atoms with Gasteiger partial charge in [0.1, 0.15) is 0 Å². The minimum Gasteiger partial charge on any atom is -0.317 e. The normalized spacial score (nSPS) is 14.6. The zero-order valence-corrected chi connectivity index (χ0v) is 11.8.